The summed E-state index contributed by atoms with van der Waals surface area (Å²) in [6.45, 7) is 0. The lowest BCUT2D eigenvalue weighted by atomic mass is 10.7. The Morgan fingerprint density at radius 1 is 1.88 bits per heavy atom. The second kappa shape index (κ2) is 3.69. The van der Waals surface area contributed by atoms with E-state index in [2.05, 4.69) is 4.84 Å². The summed E-state index contributed by atoms with van der Waals surface area (Å²) in [6, 6.07) is 0. The van der Waals surface area contributed by atoms with Crippen molar-refractivity contribution in [1.29, 1.82) is 5.41 Å². The Bertz CT molecular complexity index is 86.1. The number of hydroxylamine groups is 2. The Hall–Kier alpha value is -0.280. The van der Waals surface area contributed by atoms with E-state index in [4.69, 9.17) is 17.0 Å². The van der Waals surface area contributed by atoms with Crippen LogP contribution in [0.1, 0.15) is 0 Å². The molecule has 8 heavy (non-hydrogen) atoms. The molecule has 0 aliphatic carbocycles. The van der Waals surface area contributed by atoms with E-state index in [0.717, 1.165) is 0 Å². The molecule has 0 unspecified atom stereocenters. The molecule has 0 heterocycles. The highest BCUT2D eigenvalue weighted by Crippen LogP contribution is 1.86. The third-order valence-corrected chi connectivity index (χ3v) is 1.03. The molecule has 1 N–H and O–H groups in total. The van der Waals surface area contributed by atoms with Gasteiger partial charge < -0.3 is 0 Å². The van der Waals surface area contributed by atoms with E-state index in [-0.39, 0.29) is 11.7 Å². The second-order valence-electron chi connectivity index (χ2n) is 1.26. The zero-order valence-electron chi connectivity index (χ0n) is 4.94. The fraction of sp³-hybridized carbons (Fsp3) is 0.750. The summed E-state index contributed by atoms with van der Waals surface area (Å²) >= 11 is 5.28. The number of nitrogens with one attached hydrogen (secondary N) is 1. The van der Waals surface area contributed by atoms with Crippen LogP contribution in [0, 0.1) is 5.41 Å². The molecule has 0 atom stereocenters. The fourth-order valence-corrected chi connectivity index (χ4v) is 0.363. The summed E-state index contributed by atoms with van der Waals surface area (Å²) in [7, 11) is 3.12. The molecule has 0 fully saturated rings. The van der Waals surface area contributed by atoms with Gasteiger partial charge in [0.15, 0.2) is 0 Å². The zero-order chi connectivity index (χ0) is 6.57. The van der Waals surface area contributed by atoms with Gasteiger partial charge in [0, 0.05) is 7.05 Å². The van der Waals surface area contributed by atoms with Crippen LogP contribution in [0.2, 0.25) is 0 Å². The van der Waals surface area contributed by atoms with Crippen LogP contribution in [0.25, 0.3) is 0 Å². The first-order chi connectivity index (χ1) is 3.72. The Morgan fingerprint density at radius 3 is 2.50 bits per heavy atom. The normalized spacial score (nSPS) is 8.88. The van der Waals surface area contributed by atoms with Crippen LogP contribution < -0.4 is 0 Å². The van der Waals surface area contributed by atoms with Crippen molar-refractivity contribution >= 4 is 17.4 Å². The van der Waals surface area contributed by atoms with Crippen molar-refractivity contribution in [2.75, 3.05) is 20.0 Å². The van der Waals surface area contributed by atoms with E-state index >= 15 is 0 Å². The topological polar surface area (TPSA) is 36.3 Å². The van der Waals surface area contributed by atoms with Gasteiger partial charge in [-0.15, -0.1) is 11.6 Å². The molecule has 0 aromatic carbocycles. The van der Waals surface area contributed by atoms with Gasteiger partial charge in [-0.25, -0.2) is 5.06 Å². The monoisotopic (exact) mass is 136 g/mol. The number of halogens is 1. The van der Waals surface area contributed by atoms with E-state index in [1.54, 1.807) is 7.05 Å². The second-order valence-corrected chi connectivity index (χ2v) is 1.53. The van der Waals surface area contributed by atoms with Gasteiger partial charge in [-0.3, -0.25) is 10.2 Å². The zero-order valence-corrected chi connectivity index (χ0v) is 5.70. The third-order valence-electron chi connectivity index (χ3n) is 0.781. The van der Waals surface area contributed by atoms with Crippen LogP contribution in [0.3, 0.4) is 0 Å². The maximum Gasteiger partial charge on any atom is 0.135 e. The predicted octanol–water partition coefficient (Wildman–Crippen LogP) is 0.696. The van der Waals surface area contributed by atoms with Crippen molar-refractivity contribution in [3.05, 3.63) is 0 Å². The first-order valence-corrected chi connectivity index (χ1v) is 2.67. The largest absolute Gasteiger partial charge is 0.286 e. The van der Waals surface area contributed by atoms with Gasteiger partial charge in [0.05, 0.1) is 13.0 Å². The van der Waals surface area contributed by atoms with Crippen molar-refractivity contribution in [3.63, 3.8) is 0 Å². The molecule has 0 bridgehead atoms. The number of alkyl halides is 1. The molecule has 0 aliphatic heterocycles. The van der Waals surface area contributed by atoms with Crippen LogP contribution in [-0.4, -0.2) is 30.9 Å². The van der Waals surface area contributed by atoms with Crippen LogP contribution in [0.4, 0.5) is 0 Å². The Morgan fingerprint density at radius 2 is 2.38 bits per heavy atom. The average Bonchev–Trinajstić information content (AvgIpc) is 1.84. The molecule has 4 heteroatoms. The molecule has 0 radical (unpaired) electrons. The average molecular weight is 137 g/mol. The van der Waals surface area contributed by atoms with E-state index < -0.39 is 0 Å². The minimum Gasteiger partial charge on any atom is -0.286 e. The fourth-order valence-electron chi connectivity index (χ4n) is 0.194. The smallest absolute Gasteiger partial charge is 0.135 e. The van der Waals surface area contributed by atoms with Crippen molar-refractivity contribution in [1.82, 2.24) is 5.06 Å². The van der Waals surface area contributed by atoms with Crippen molar-refractivity contribution in [2.24, 2.45) is 0 Å². The molecular formula is C4H9ClN2O. The highest BCUT2D eigenvalue weighted by atomic mass is 35.5. The van der Waals surface area contributed by atoms with E-state index in [0.29, 0.717) is 0 Å². The van der Waals surface area contributed by atoms with Crippen molar-refractivity contribution in [3.8, 4) is 0 Å². The number of nitrogens with zero attached hydrogens (tertiary/aromatic N) is 1. The Balaban J connectivity index is 3.46. The molecular weight excluding hydrogens is 128 g/mol. The van der Waals surface area contributed by atoms with Crippen LogP contribution in [-0.2, 0) is 4.84 Å². The predicted molar refractivity (Wildman–Crippen MR) is 33.2 cm³/mol. The number of hydrogen-bond donors (Lipinski definition) is 1. The first kappa shape index (κ1) is 7.72. The Labute approximate surface area is 53.7 Å². The van der Waals surface area contributed by atoms with Gasteiger partial charge >= 0.3 is 0 Å². The standard InChI is InChI=1S/C4H9ClN2O/c1-7(8-2)4(6)3-5/h6H,3H2,1-2H3. The van der Waals surface area contributed by atoms with Crippen molar-refractivity contribution in [2.45, 2.75) is 0 Å². The molecule has 0 saturated heterocycles. The van der Waals surface area contributed by atoms with Gasteiger partial charge in [-0.2, -0.15) is 0 Å². The summed E-state index contributed by atoms with van der Waals surface area (Å²) in [6.07, 6.45) is 0. The van der Waals surface area contributed by atoms with Crippen LogP contribution in [0.15, 0.2) is 0 Å². The molecule has 0 aromatic heterocycles. The summed E-state index contributed by atoms with van der Waals surface area (Å²) in [5.74, 6) is 0.443. The number of rotatable bonds is 2. The number of hydrogen-bond acceptors (Lipinski definition) is 2. The lowest BCUT2D eigenvalue weighted by Crippen LogP contribution is -2.25. The summed E-state index contributed by atoms with van der Waals surface area (Å²) < 4.78 is 0. The quantitative estimate of drug-likeness (QED) is 0.263. The number of amidine groups is 1. The lowest BCUT2D eigenvalue weighted by Gasteiger charge is -2.13. The summed E-state index contributed by atoms with van der Waals surface area (Å²) in [5.41, 5.74) is 0. The molecule has 0 rings (SSSR count). The van der Waals surface area contributed by atoms with Gasteiger partial charge in [-0.1, -0.05) is 0 Å². The molecule has 0 aromatic rings. The highest BCUT2D eigenvalue weighted by Gasteiger charge is 1.97. The van der Waals surface area contributed by atoms with Gasteiger partial charge in [-0.05, 0) is 0 Å². The molecule has 0 amide bonds. The third kappa shape index (κ3) is 2.14. The van der Waals surface area contributed by atoms with Gasteiger partial charge in [0.25, 0.3) is 0 Å². The van der Waals surface area contributed by atoms with Gasteiger partial charge in [0.2, 0.25) is 0 Å². The first-order valence-electron chi connectivity index (χ1n) is 2.13. The van der Waals surface area contributed by atoms with Gasteiger partial charge in [0.1, 0.15) is 5.84 Å². The SMILES string of the molecule is CON(C)C(=N)CCl. The maximum atomic E-state index is 7.01. The molecule has 0 spiro atoms. The molecule has 0 aliphatic rings. The highest BCUT2D eigenvalue weighted by molar-refractivity contribution is 6.27. The van der Waals surface area contributed by atoms with Crippen LogP contribution in [0.5, 0.6) is 0 Å². The molecule has 0 saturated carbocycles. The Kier molecular flexibility index (Phi) is 3.56. The molecule has 3 nitrogen and oxygen atoms in total. The molecule has 48 valence electrons. The lowest BCUT2D eigenvalue weighted by molar-refractivity contribution is -0.0428. The van der Waals surface area contributed by atoms with Crippen molar-refractivity contribution < 1.29 is 4.84 Å². The summed E-state index contributed by atoms with van der Waals surface area (Å²) in [4.78, 5) is 4.63. The minimum atomic E-state index is 0.185. The van der Waals surface area contributed by atoms with E-state index in [1.165, 1.54) is 12.2 Å². The van der Waals surface area contributed by atoms with E-state index in [1.807, 2.05) is 0 Å². The minimum absolute atomic E-state index is 0.185. The summed E-state index contributed by atoms with van der Waals surface area (Å²) in [5, 5.41) is 8.31. The van der Waals surface area contributed by atoms with Crippen LogP contribution >= 0.6 is 11.6 Å². The maximum absolute atomic E-state index is 7.01. The van der Waals surface area contributed by atoms with E-state index in [9.17, 15) is 0 Å².